The largest absolute Gasteiger partial charge is 0.492 e. The van der Waals surface area contributed by atoms with Crippen molar-refractivity contribution in [2.24, 2.45) is 11.5 Å². The van der Waals surface area contributed by atoms with Crippen molar-refractivity contribution in [1.29, 1.82) is 0 Å². The maximum absolute atomic E-state index is 12.4. The van der Waals surface area contributed by atoms with E-state index in [1.807, 2.05) is 0 Å². The Balaban J connectivity index is 2.07. The van der Waals surface area contributed by atoms with Gasteiger partial charge in [-0.2, -0.15) is 13.5 Å². The number of urea groups is 1. The highest BCUT2D eigenvalue weighted by Crippen LogP contribution is 2.45. The van der Waals surface area contributed by atoms with Crippen LogP contribution in [0, 0.1) is 0 Å². The van der Waals surface area contributed by atoms with Crippen LogP contribution in [0.15, 0.2) is 18.2 Å². The predicted molar refractivity (Wildman–Crippen MR) is 82.2 cm³/mol. The molecule has 0 saturated carbocycles. The van der Waals surface area contributed by atoms with E-state index in [1.54, 1.807) is 18.2 Å². The number of carbonyl (C=O) groups excluding carboxylic acids is 2. The normalized spacial score (nSPS) is 22.1. The number of hydrogen-bond acceptors (Lipinski definition) is 7. The van der Waals surface area contributed by atoms with Crippen molar-refractivity contribution in [1.82, 2.24) is 9.96 Å². The first-order chi connectivity index (χ1) is 11.7. The molecule has 3 amide bonds. The molecule has 1 aromatic rings. The fourth-order valence-electron chi connectivity index (χ4n) is 3.06. The average Bonchev–Trinajstić information content (AvgIpc) is 2.78. The number of carbonyl (C=O) groups is 2. The van der Waals surface area contributed by atoms with Gasteiger partial charge in [-0.25, -0.2) is 4.79 Å². The quantitative estimate of drug-likeness (QED) is 0.539. The van der Waals surface area contributed by atoms with Crippen LogP contribution >= 0.6 is 0 Å². The molecule has 3 rings (SSSR count). The molecule has 136 valence electrons. The van der Waals surface area contributed by atoms with Crippen LogP contribution in [0.5, 0.6) is 5.75 Å². The molecule has 0 spiro atoms. The van der Waals surface area contributed by atoms with Gasteiger partial charge in [-0.1, -0.05) is 6.07 Å². The molecule has 2 aliphatic heterocycles. The van der Waals surface area contributed by atoms with Gasteiger partial charge in [-0.15, -0.1) is 4.28 Å². The van der Waals surface area contributed by atoms with Crippen molar-refractivity contribution < 1.29 is 31.6 Å². The van der Waals surface area contributed by atoms with E-state index in [0.717, 1.165) is 4.90 Å². The molecule has 2 bridgehead atoms. The first-order valence-corrected chi connectivity index (χ1v) is 8.62. The number of benzene rings is 1. The van der Waals surface area contributed by atoms with Crippen LogP contribution in [0.2, 0.25) is 0 Å². The van der Waals surface area contributed by atoms with Crippen LogP contribution in [-0.4, -0.2) is 54.6 Å². The minimum absolute atomic E-state index is 0.0324. The minimum Gasteiger partial charge on any atom is -0.492 e. The van der Waals surface area contributed by atoms with Crippen LogP contribution in [0.1, 0.15) is 23.2 Å². The van der Waals surface area contributed by atoms with Gasteiger partial charge in [0.25, 0.3) is 0 Å². The van der Waals surface area contributed by atoms with Crippen LogP contribution in [-0.2, 0) is 19.5 Å². The monoisotopic (exact) mass is 372 g/mol. The number of nitrogens with two attached hydrogens (primary N) is 2. The van der Waals surface area contributed by atoms with Crippen molar-refractivity contribution in [3.05, 3.63) is 29.3 Å². The topological polar surface area (TPSA) is 165 Å². The Labute approximate surface area is 143 Å². The summed E-state index contributed by atoms with van der Waals surface area (Å²) in [5.74, 6) is -0.357. The molecule has 0 aromatic heterocycles. The number of ether oxygens (including phenoxy) is 1. The fourth-order valence-corrected chi connectivity index (χ4v) is 3.43. The summed E-state index contributed by atoms with van der Waals surface area (Å²) in [7, 11) is -4.93. The third-order valence-electron chi connectivity index (χ3n) is 3.94. The van der Waals surface area contributed by atoms with Gasteiger partial charge in [-0.3, -0.25) is 9.35 Å². The molecule has 1 aromatic carbocycles. The van der Waals surface area contributed by atoms with E-state index in [1.165, 1.54) is 0 Å². The van der Waals surface area contributed by atoms with Gasteiger partial charge < -0.3 is 21.1 Å². The molecule has 0 aliphatic carbocycles. The second-order valence-electron chi connectivity index (χ2n) is 5.51. The van der Waals surface area contributed by atoms with E-state index in [-0.39, 0.29) is 19.7 Å². The average molecular weight is 372 g/mol. The van der Waals surface area contributed by atoms with Crippen molar-refractivity contribution >= 4 is 22.3 Å². The molecule has 2 aliphatic rings. The van der Waals surface area contributed by atoms with Crippen LogP contribution in [0.4, 0.5) is 4.79 Å². The first-order valence-electron chi connectivity index (χ1n) is 7.26. The minimum atomic E-state index is -4.93. The lowest BCUT2D eigenvalue weighted by Crippen LogP contribution is -2.41. The van der Waals surface area contributed by atoms with E-state index < -0.39 is 34.4 Å². The Kier molecular flexibility index (Phi) is 4.28. The molecular weight excluding hydrogens is 356 g/mol. The van der Waals surface area contributed by atoms with Crippen molar-refractivity contribution in [2.75, 3.05) is 19.7 Å². The molecule has 5 N–H and O–H groups in total. The second-order valence-corrected chi connectivity index (χ2v) is 6.52. The van der Waals surface area contributed by atoms with E-state index >= 15 is 0 Å². The van der Waals surface area contributed by atoms with E-state index in [4.69, 9.17) is 20.8 Å². The molecule has 2 atom stereocenters. The summed E-state index contributed by atoms with van der Waals surface area (Å²) in [6, 6.07) is 1.88. The van der Waals surface area contributed by atoms with Gasteiger partial charge in [0.1, 0.15) is 24.4 Å². The zero-order valence-electron chi connectivity index (χ0n) is 12.9. The van der Waals surface area contributed by atoms with Crippen LogP contribution in [0.25, 0.3) is 0 Å². The zero-order chi connectivity index (χ0) is 18.4. The Morgan fingerprint density at radius 3 is 2.68 bits per heavy atom. The third kappa shape index (κ3) is 3.11. The van der Waals surface area contributed by atoms with E-state index in [2.05, 4.69) is 4.28 Å². The summed E-state index contributed by atoms with van der Waals surface area (Å²) in [5, 5.41) is 0.504. The van der Waals surface area contributed by atoms with Crippen molar-refractivity contribution in [3.8, 4) is 5.75 Å². The lowest BCUT2D eigenvalue weighted by atomic mass is 9.90. The smallest absolute Gasteiger partial charge is 0.418 e. The van der Waals surface area contributed by atoms with Crippen molar-refractivity contribution in [3.63, 3.8) is 0 Å². The number of amides is 3. The lowest BCUT2D eigenvalue weighted by molar-refractivity contribution is -0.122. The Morgan fingerprint density at radius 2 is 2.08 bits per heavy atom. The molecule has 12 heteroatoms. The Morgan fingerprint density at radius 1 is 1.36 bits per heavy atom. The number of hydrogen-bond donors (Lipinski definition) is 3. The summed E-state index contributed by atoms with van der Waals surface area (Å²) in [6.07, 6.45) is 0. The number of rotatable bonds is 6. The summed E-state index contributed by atoms with van der Waals surface area (Å²) in [4.78, 5) is 25.3. The molecular formula is C13H16N4O7S. The zero-order valence-corrected chi connectivity index (χ0v) is 13.7. The number of primary amides is 1. The van der Waals surface area contributed by atoms with Crippen LogP contribution < -0.4 is 16.2 Å². The summed E-state index contributed by atoms with van der Waals surface area (Å²) in [5.41, 5.74) is 11.7. The second kappa shape index (κ2) is 6.15. The third-order valence-corrected chi connectivity index (χ3v) is 4.29. The van der Waals surface area contributed by atoms with Gasteiger partial charge >= 0.3 is 16.4 Å². The maximum Gasteiger partial charge on any atom is 0.418 e. The van der Waals surface area contributed by atoms with Crippen LogP contribution in [0.3, 0.4) is 0 Å². The highest BCUT2D eigenvalue weighted by atomic mass is 32.3. The van der Waals surface area contributed by atoms with E-state index in [0.29, 0.717) is 21.9 Å². The van der Waals surface area contributed by atoms with Gasteiger partial charge in [-0.05, 0) is 23.3 Å². The number of nitrogens with zero attached hydrogens (tertiary/aromatic N) is 2. The van der Waals surface area contributed by atoms with E-state index in [9.17, 15) is 18.0 Å². The molecule has 1 fully saturated rings. The van der Waals surface area contributed by atoms with Crippen molar-refractivity contribution in [2.45, 2.75) is 12.1 Å². The molecule has 2 heterocycles. The van der Waals surface area contributed by atoms with Gasteiger partial charge in [0.2, 0.25) is 5.91 Å². The first kappa shape index (κ1) is 17.4. The summed E-state index contributed by atoms with van der Waals surface area (Å²) >= 11 is 0. The highest BCUT2D eigenvalue weighted by molar-refractivity contribution is 7.80. The molecule has 11 nitrogen and oxygen atoms in total. The number of hydroxylamine groups is 2. The molecule has 0 radical (unpaired) electrons. The van der Waals surface area contributed by atoms with Gasteiger partial charge in [0, 0.05) is 6.54 Å². The standard InChI is InChI=1S/C13H16N4O7S/c14-3-4-23-7-1-2-8-9(5-7)10-6-16(11(8)12(15)18)13(19)17(10)24-25(20,21)22/h1-2,5,10-11H,3-4,6,14H2,(H2,15,18)(H,20,21,22). The molecule has 2 unspecified atom stereocenters. The SMILES string of the molecule is NCCOc1ccc2c(c1)C1CN(C(=O)N1OS(=O)(=O)O)C2C(N)=O. The summed E-state index contributed by atoms with van der Waals surface area (Å²) in [6.45, 7) is 0.503. The highest BCUT2D eigenvalue weighted by Gasteiger charge is 2.51. The lowest BCUT2D eigenvalue weighted by Gasteiger charge is -2.30. The Bertz CT molecular complexity index is 828. The maximum atomic E-state index is 12.4. The van der Waals surface area contributed by atoms with Gasteiger partial charge in [0.15, 0.2) is 0 Å². The predicted octanol–water partition coefficient (Wildman–Crippen LogP) is -0.923. The molecule has 1 saturated heterocycles. The van der Waals surface area contributed by atoms with Gasteiger partial charge in [0.05, 0.1) is 6.54 Å². The fraction of sp³-hybridized carbons (Fsp3) is 0.385. The Hall–Kier alpha value is -2.41. The summed E-state index contributed by atoms with van der Waals surface area (Å²) < 4.78 is 40.8. The molecule has 25 heavy (non-hydrogen) atoms. The number of fused-ring (bicyclic) bond motifs is 4.